The molecule has 2 aromatic carbocycles. The van der Waals surface area contributed by atoms with Crippen LogP contribution in [0.1, 0.15) is 41.3 Å². The fourth-order valence-corrected chi connectivity index (χ4v) is 4.15. The van der Waals surface area contributed by atoms with Crippen molar-refractivity contribution in [3.05, 3.63) is 59.2 Å². The molecule has 0 spiro atoms. The van der Waals surface area contributed by atoms with Crippen LogP contribution in [-0.4, -0.2) is 41.7 Å². The molecule has 2 amide bonds. The van der Waals surface area contributed by atoms with Gasteiger partial charge in [-0.05, 0) is 55.5 Å². The molecule has 2 heterocycles. The molecule has 2 aromatic rings. The predicted molar refractivity (Wildman–Crippen MR) is 117 cm³/mol. The number of hydrogen-bond acceptors (Lipinski definition) is 3. The Balaban J connectivity index is 1.67. The van der Waals surface area contributed by atoms with Gasteiger partial charge in [-0.15, -0.1) is 11.6 Å². The molecule has 0 aromatic heterocycles. The molecule has 1 saturated heterocycles. The first-order valence-electron chi connectivity index (χ1n) is 10.2. The van der Waals surface area contributed by atoms with Gasteiger partial charge in [-0.1, -0.05) is 24.3 Å². The fourth-order valence-electron chi connectivity index (χ4n) is 4.09. The van der Waals surface area contributed by atoms with Gasteiger partial charge < -0.3 is 15.1 Å². The molecule has 1 atom stereocenters. The highest BCUT2D eigenvalue weighted by Crippen LogP contribution is 2.31. The smallest absolute Gasteiger partial charge is 0.256 e. The van der Waals surface area contributed by atoms with Crippen molar-refractivity contribution in [2.75, 3.05) is 29.9 Å². The lowest BCUT2D eigenvalue weighted by atomic mass is 9.98. The maximum absolute atomic E-state index is 13.3. The van der Waals surface area contributed by atoms with Gasteiger partial charge in [0.1, 0.15) is 5.38 Å². The molecule has 2 aliphatic heterocycles. The van der Waals surface area contributed by atoms with Crippen molar-refractivity contribution in [3.63, 3.8) is 0 Å². The van der Waals surface area contributed by atoms with Gasteiger partial charge in [0.15, 0.2) is 0 Å². The van der Waals surface area contributed by atoms with Gasteiger partial charge in [-0.3, -0.25) is 9.59 Å². The van der Waals surface area contributed by atoms with E-state index in [2.05, 4.69) is 34.5 Å². The number of halogens is 1. The molecular weight excluding hydrogens is 386 g/mol. The zero-order valence-corrected chi connectivity index (χ0v) is 17.4. The second-order valence-electron chi connectivity index (χ2n) is 7.78. The van der Waals surface area contributed by atoms with Crippen LogP contribution in [0.25, 0.3) is 0 Å². The summed E-state index contributed by atoms with van der Waals surface area (Å²) >= 11 is 5.89. The third kappa shape index (κ3) is 4.25. The molecule has 6 heteroatoms. The van der Waals surface area contributed by atoms with Crippen molar-refractivity contribution < 1.29 is 9.59 Å². The summed E-state index contributed by atoms with van der Waals surface area (Å²) in [5.41, 5.74) is 4.84. The average molecular weight is 412 g/mol. The molecule has 0 saturated carbocycles. The molecule has 1 N–H and O–H groups in total. The molecule has 1 unspecified atom stereocenters. The van der Waals surface area contributed by atoms with Crippen LogP contribution in [0.4, 0.5) is 11.4 Å². The number of likely N-dealkylation sites (tertiary alicyclic amines) is 1. The minimum absolute atomic E-state index is 0.0337. The minimum atomic E-state index is -0.633. The van der Waals surface area contributed by atoms with E-state index in [1.165, 1.54) is 11.1 Å². The Kier molecular flexibility index (Phi) is 5.76. The number of nitrogens with zero attached hydrogens (tertiary/aromatic N) is 2. The summed E-state index contributed by atoms with van der Waals surface area (Å²) in [5.74, 6) is -0.239. The molecule has 152 valence electrons. The number of nitrogens with one attached hydrogen (secondary N) is 1. The quantitative estimate of drug-likeness (QED) is 0.772. The molecule has 29 heavy (non-hydrogen) atoms. The largest absolute Gasteiger partial charge is 0.366 e. The van der Waals surface area contributed by atoms with Gasteiger partial charge in [0.2, 0.25) is 5.91 Å². The van der Waals surface area contributed by atoms with Crippen LogP contribution < -0.4 is 10.2 Å². The number of benzene rings is 2. The molecule has 4 rings (SSSR count). The molecular formula is C23H26ClN3O2. The molecule has 5 nitrogen and oxygen atoms in total. The van der Waals surface area contributed by atoms with E-state index < -0.39 is 5.38 Å². The van der Waals surface area contributed by atoms with E-state index in [4.69, 9.17) is 11.6 Å². The SMILES string of the molecule is CC(Cl)C(=O)Nc1ccc(N2CCc3ccccc3C2)c(C(=O)N2CCCC2)c1. The predicted octanol–water partition coefficient (Wildman–Crippen LogP) is 4.05. The van der Waals surface area contributed by atoms with Crippen LogP contribution in [-0.2, 0) is 17.8 Å². The lowest BCUT2D eigenvalue weighted by Crippen LogP contribution is -2.34. The first kappa shape index (κ1) is 19.8. The summed E-state index contributed by atoms with van der Waals surface area (Å²) in [5, 5.41) is 2.18. The Hall–Kier alpha value is -2.53. The highest BCUT2D eigenvalue weighted by Gasteiger charge is 2.26. The second kappa shape index (κ2) is 8.46. The van der Waals surface area contributed by atoms with Crippen LogP contribution in [0.5, 0.6) is 0 Å². The highest BCUT2D eigenvalue weighted by molar-refractivity contribution is 6.32. The third-order valence-electron chi connectivity index (χ3n) is 5.72. The number of fused-ring (bicyclic) bond motifs is 1. The molecule has 1 fully saturated rings. The van der Waals surface area contributed by atoms with Gasteiger partial charge in [0.25, 0.3) is 5.91 Å². The number of anilines is 2. The van der Waals surface area contributed by atoms with Crippen LogP contribution in [0.3, 0.4) is 0 Å². The zero-order valence-electron chi connectivity index (χ0n) is 16.7. The first-order valence-corrected chi connectivity index (χ1v) is 10.7. The van der Waals surface area contributed by atoms with Crippen molar-refractivity contribution in [1.82, 2.24) is 4.90 Å². The zero-order chi connectivity index (χ0) is 20.4. The summed E-state index contributed by atoms with van der Waals surface area (Å²) in [6.07, 6.45) is 3.03. The normalized spacial score (nSPS) is 17.0. The van der Waals surface area contributed by atoms with Gasteiger partial charge in [0.05, 0.1) is 5.56 Å². The fraction of sp³-hybridized carbons (Fsp3) is 0.391. The van der Waals surface area contributed by atoms with E-state index in [1.54, 1.807) is 13.0 Å². The molecule has 2 aliphatic rings. The Morgan fingerprint density at radius 3 is 2.48 bits per heavy atom. The molecule has 0 radical (unpaired) electrons. The van der Waals surface area contributed by atoms with Crippen molar-refractivity contribution >= 4 is 34.8 Å². The van der Waals surface area contributed by atoms with Crippen molar-refractivity contribution in [3.8, 4) is 0 Å². The Bertz CT molecular complexity index is 922. The monoisotopic (exact) mass is 411 g/mol. The summed E-state index contributed by atoms with van der Waals surface area (Å²) in [4.78, 5) is 29.5. The van der Waals surface area contributed by atoms with Crippen molar-refractivity contribution in [2.45, 2.75) is 38.1 Å². The van der Waals surface area contributed by atoms with Crippen LogP contribution in [0.15, 0.2) is 42.5 Å². The number of rotatable bonds is 4. The average Bonchev–Trinajstić information content (AvgIpc) is 3.27. The summed E-state index contributed by atoms with van der Waals surface area (Å²) in [6.45, 7) is 4.85. The summed E-state index contributed by atoms with van der Waals surface area (Å²) in [7, 11) is 0. The van der Waals surface area contributed by atoms with E-state index in [-0.39, 0.29) is 11.8 Å². The number of alkyl halides is 1. The number of carbonyl (C=O) groups is 2. The van der Waals surface area contributed by atoms with Crippen LogP contribution in [0, 0.1) is 0 Å². The maximum atomic E-state index is 13.3. The third-order valence-corrected chi connectivity index (χ3v) is 5.92. The van der Waals surface area contributed by atoms with E-state index >= 15 is 0 Å². The maximum Gasteiger partial charge on any atom is 0.256 e. The number of amides is 2. The topological polar surface area (TPSA) is 52.7 Å². The lowest BCUT2D eigenvalue weighted by Gasteiger charge is -2.33. The van der Waals surface area contributed by atoms with Crippen molar-refractivity contribution in [2.24, 2.45) is 0 Å². The van der Waals surface area contributed by atoms with Crippen LogP contribution in [0.2, 0.25) is 0 Å². The minimum Gasteiger partial charge on any atom is -0.366 e. The van der Waals surface area contributed by atoms with E-state index in [0.29, 0.717) is 11.3 Å². The Morgan fingerprint density at radius 1 is 1.03 bits per heavy atom. The lowest BCUT2D eigenvalue weighted by molar-refractivity contribution is -0.115. The van der Waals surface area contributed by atoms with Gasteiger partial charge in [-0.25, -0.2) is 0 Å². The van der Waals surface area contributed by atoms with E-state index in [1.807, 2.05) is 17.0 Å². The second-order valence-corrected chi connectivity index (χ2v) is 8.43. The van der Waals surface area contributed by atoms with Gasteiger partial charge in [0, 0.05) is 37.6 Å². The van der Waals surface area contributed by atoms with Gasteiger partial charge >= 0.3 is 0 Å². The summed E-state index contributed by atoms with van der Waals surface area (Å²) in [6, 6.07) is 14.1. The van der Waals surface area contributed by atoms with Gasteiger partial charge in [-0.2, -0.15) is 0 Å². The Morgan fingerprint density at radius 2 is 1.76 bits per heavy atom. The highest BCUT2D eigenvalue weighted by atomic mass is 35.5. The number of carbonyl (C=O) groups excluding carboxylic acids is 2. The summed E-state index contributed by atoms with van der Waals surface area (Å²) < 4.78 is 0. The van der Waals surface area contributed by atoms with E-state index in [9.17, 15) is 9.59 Å². The Labute approximate surface area is 176 Å². The molecule has 0 bridgehead atoms. The van der Waals surface area contributed by atoms with Crippen LogP contribution >= 0.6 is 11.6 Å². The first-order chi connectivity index (χ1) is 14.0. The van der Waals surface area contributed by atoms with E-state index in [0.717, 1.165) is 51.1 Å². The standard InChI is InChI=1S/C23H26ClN3O2/c1-16(24)22(28)25-19-8-9-21(20(14-19)23(29)26-11-4-5-12-26)27-13-10-17-6-2-3-7-18(17)15-27/h2-3,6-9,14,16H,4-5,10-13,15H2,1H3,(H,25,28). The van der Waals surface area contributed by atoms with Crippen molar-refractivity contribution in [1.29, 1.82) is 0 Å². The number of hydrogen-bond donors (Lipinski definition) is 1. The molecule has 0 aliphatic carbocycles.